The molecule has 0 bridgehead atoms. The van der Waals surface area contributed by atoms with E-state index < -0.39 is 0 Å². The first-order chi connectivity index (χ1) is 16.3. The molecule has 0 heterocycles. The zero-order valence-electron chi connectivity index (χ0n) is 20.2. The van der Waals surface area contributed by atoms with E-state index in [1.165, 1.54) is 84.9 Å². The summed E-state index contributed by atoms with van der Waals surface area (Å²) in [5.41, 5.74) is 2.35. The van der Waals surface area contributed by atoms with Crippen molar-refractivity contribution in [3.63, 3.8) is 0 Å². The maximum absolute atomic E-state index is 12.4. The van der Waals surface area contributed by atoms with E-state index in [0.717, 1.165) is 30.6 Å². The highest BCUT2D eigenvalue weighted by atomic mass is 16.5. The van der Waals surface area contributed by atoms with Gasteiger partial charge >= 0.3 is 5.97 Å². The van der Waals surface area contributed by atoms with Gasteiger partial charge in [0, 0.05) is 12.0 Å². The fourth-order valence-electron chi connectivity index (χ4n) is 5.11. The Morgan fingerprint density at radius 1 is 0.727 bits per heavy atom. The van der Waals surface area contributed by atoms with Gasteiger partial charge in [0.25, 0.3) is 0 Å². The molecule has 0 N–H and O–H groups in total. The summed E-state index contributed by atoms with van der Waals surface area (Å²) in [7, 11) is 0. The zero-order valence-corrected chi connectivity index (χ0v) is 20.2. The molecule has 4 rings (SSSR count). The van der Waals surface area contributed by atoms with E-state index >= 15 is 0 Å². The maximum atomic E-state index is 12.4. The Labute approximate surface area is 199 Å². The van der Waals surface area contributed by atoms with Gasteiger partial charge in [0.15, 0.2) is 0 Å². The van der Waals surface area contributed by atoms with Crippen molar-refractivity contribution < 1.29 is 9.53 Å². The van der Waals surface area contributed by atoms with E-state index in [-0.39, 0.29) is 5.97 Å². The standard InChI is InChI=1S/C31H38O2/c1-2-3-4-5-6-7-8-9-10-11-12-17-31(32)33-30-23-22-28-27-19-18-24-15-13-14-16-25(24)26(27)20-21-29(28)30/h13-16,18-21,23H,2-12,17,22H2,1H3. The average Bonchev–Trinajstić information content (AvgIpc) is 3.25. The molecule has 0 aliphatic heterocycles. The van der Waals surface area contributed by atoms with Gasteiger partial charge in [0.2, 0.25) is 0 Å². The van der Waals surface area contributed by atoms with Crippen LogP contribution < -0.4 is 0 Å². The molecule has 1 aliphatic carbocycles. The first-order valence-electron chi connectivity index (χ1n) is 13.1. The lowest BCUT2D eigenvalue weighted by atomic mass is 9.96. The molecule has 0 fully saturated rings. The van der Waals surface area contributed by atoms with Crippen molar-refractivity contribution in [2.24, 2.45) is 0 Å². The van der Waals surface area contributed by atoms with Crippen molar-refractivity contribution in [2.75, 3.05) is 0 Å². The molecule has 0 spiro atoms. The van der Waals surface area contributed by atoms with Crippen molar-refractivity contribution in [2.45, 2.75) is 90.4 Å². The SMILES string of the molecule is CCCCCCCCCCCCCC(=O)OC1=CCc2c1ccc1c2ccc2ccccc21. The Morgan fingerprint density at radius 2 is 1.39 bits per heavy atom. The Morgan fingerprint density at radius 3 is 2.15 bits per heavy atom. The van der Waals surface area contributed by atoms with Crippen molar-refractivity contribution in [1.29, 1.82) is 0 Å². The third kappa shape index (κ3) is 6.05. The molecule has 3 aromatic rings. The third-order valence-corrected chi connectivity index (χ3v) is 7.00. The van der Waals surface area contributed by atoms with Gasteiger partial charge in [0.1, 0.15) is 5.76 Å². The summed E-state index contributed by atoms with van der Waals surface area (Å²) in [6.07, 6.45) is 17.6. The maximum Gasteiger partial charge on any atom is 0.311 e. The van der Waals surface area contributed by atoms with Gasteiger partial charge in [-0.2, -0.15) is 0 Å². The van der Waals surface area contributed by atoms with Crippen molar-refractivity contribution in [3.8, 4) is 0 Å². The number of hydrogen-bond acceptors (Lipinski definition) is 2. The molecule has 0 aromatic heterocycles. The minimum atomic E-state index is -0.0939. The number of carbonyl (C=O) groups is 1. The molecule has 2 heteroatoms. The fraction of sp³-hybridized carbons (Fsp3) is 0.452. The van der Waals surface area contributed by atoms with Crippen LogP contribution in [0, 0.1) is 0 Å². The summed E-state index contributed by atoms with van der Waals surface area (Å²) in [5, 5.41) is 5.07. The number of hydrogen-bond donors (Lipinski definition) is 0. The van der Waals surface area contributed by atoms with Gasteiger partial charge < -0.3 is 4.74 Å². The average molecular weight is 443 g/mol. The monoisotopic (exact) mass is 442 g/mol. The highest BCUT2D eigenvalue weighted by Crippen LogP contribution is 2.36. The number of allylic oxidation sites excluding steroid dienone is 1. The van der Waals surface area contributed by atoms with Crippen molar-refractivity contribution in [1.82, 2.24) is 0 Å². The predicted octanol–water partition coefficient (Wildman–Crippen LogP) is 9.13. The molecule has 174 valence electrons. The minimum Gasteiger partial charge on any atom is -0.426 e. The van der Waals surface area contributed by atoms with Crippen LogP contribution in [-0.2, 0) is 16.0 Å². The molecule has 0 atom stereocenters. The molecule has 1 aliphatic rings. The predicted molar refractivity (Wildman–Crippen MR) is 140 cm³/mol. The zero-order chi connectivity index (χ0) is 22.9. The number of fused-ring (bicyclic) bond motifs is 5. The quantitative estimate of drug-likeness (QED) is 0.150. The summed E-state index contributed by atoms with van der Waals surface area (Å²) in [5.74, 6) is 0.650. The van der Waals surface area contributed by atoms with Crippen LogP contribution in [0.25, 0.3) is 27.3 Å². The molecule has 2 nitrogen and oxygen atoms in total. The number of ether oxygens (including phenoxy) is 1. The summed E-state index contributed by atoms with van der Waals surface area (Å²) in [6, 6.07) is 17.2. The highest BCUT2D eigenvalue weighted by Gasteiger charge is 2.20. The van der Waals surface area contributed by atoms with Gasteiger partial charge in [-0.15, -0.1) is 0 Å². The second kappa shape index (κ2) is 12.0. The van der Waals surface area contributed by atoms with Crippen LogP contribution >= 0.6 is 0 Å². The van der Waals surface area contributed by atoms with Crippen LogP contribution in [0.4, 0.5) is 0 Å². The first kappa shape index (κ1) is 23.5. The minimum absolute atomic E-state index is 0.0939. The molecule has 0 saturated heterocycles. The fourth-order valence-corrected chi connectivity index (χ4v) is 5.11. The van der Waals surface area contributed by atoms with E-state index in [0.29, 0.717) is 6.42 Å². The van der Waals surface area contributed by atoms with E-state index in [1.54, 1.807) is 0 Å². The Balaban J connectivity index is 1.21. The summed E-state index contributed by atoms with van der Waals surface area (Å²) < 4.78 is 5.79. The molecule has 0 radical (unpaired) electrons. The topological polar surface area (TPSA) is 26.3 Å². The smallest absolute Gasteiger partial charge is 0.311 e. The molecular weight excluding hydrogens is 404 g/mol. The van der Waals surface area contributed by atoms with Crippen LogP contribution in [0.3, 0.4) is 0 Å². The summed E-state index contributed by atoms with van der Waals surface area (Å²) in [4.78, 5) is 12.4. The van der Waals surface area contributed by atoms with Crippen molar-refractivity contribution in [3.05, 3.63) is 65.7 Å². The van der Waals surface area contributed by atoms with Crippen LogP contribution in [0.2, 0.25) is 0 Å². The van der Waals surface area contributed by atoms with Crippen LogP contribution in [-0.4, -0.2) is 5.97 Å². The summed E-state index contributed by atoms with van der Waals surface area (Å²) >= 11 is 0. The summed E-state index contributed by atoms with van der Waals surface area (Å²) in [6.45, 7) is 2.27. The second-order valence-corrected chi connectivity index (χ2v) is 9.51. The molecule has 0 amide bonds. The van der Waals surface area contributed by atoms with E-state index in [4.69, 9.17) is 4.74 Å². The van der Waals surface area contributed by atoms with Crippen LogP contribution in [0.15, 0.2) is 54.6 Å². The molecule has 33 heavy (non-hydrogen) atoms. The number of benzene rings is 3. The van der Waals surface area contributed by atoms with Crippen LogP contribution in [0.5, 0.6) is 0 Å². The molecule has 0 unspecified atom stereocenters. The largest absolute Gasteiger partial charge is 0.426 e. The lowest BCUT2D eigenvalue weighted by Gasteiger charge is -2.11. The van der Waals surface area contributed by atoms with E-state index in [1.807, 2.05) is 0 Å². The highest BCUT2D eigenvalue weighted by molar-refractivity contribution is 6.09. The molecule has 3 aromatic carbocycles. The molecule has 0 saturated carbocycles. The molecular formula is C31H38O2. The Kier molecular flexibility index (Phi) is 8.58. The third-order valence-electron chi connectivity index (χ3n) is 7.00. The normalized spacial score (nSPS) is 12.8. The lowest BCUT2D eigenvalue weighted by molar-refractivity contribution is -0.136. The van der Waals surface area contributed by atoms with Gasteiger partial charge in [-0.1, -0.05) is 120 Å². The first-order valence-corrected chi connectivity index (χ1v) is 13.1. The number of carbonyl (C=O) groups excluding carboxylic acids is 1. The van der Waals surface area contributed by atoms with Crippen LogP contribution in [0.1, 0.15) is 95.1 Å². The van der Waals surface area contributed by atoms with Gasteiger partial charge in [-0.05, 0) is 46.0 Å². The van der Waals surface area contributed by atoms with Crippen molar-refractivity contribution >= 4 is 33.3 Å². The van der Waals surface area contributed by atoms with Gasteiger partial charge in [0.05, 0.1) is 0 Å². The number of unbranched alkanes of at least 4 members (excludes halogenated alkanes) is 10. The number of rotatable bonds is 13. The Hall–Kier alpha value is -2.61. The number of esters is 1. The Bertz CT molecular complexity index is 1110. The van der Waals surface area contributed by atoms with E-state index in [9.17, 15) is 4.79 Å². The second-order valence-electron chi connectivity index (χ2n) is 9.51. The van der Waals surface area contributed by atoms with E-state index in [2.05, 4.69) is 61.5 Å². The van der Waals surface area contributed by atoms with Gasteiger partial charge in [-0.25, -0.2) is 0 Å². The lowest BCUT2D eigenvalue weighted by Crippen LogP contribution is -2.03. The van der Waals surface area contributed by atoms with Gasteiger partial charge in [-0.3, -0.25) is 4.79 Å².